The quantitative estimate of drug-likeness (QED) is 0.858. The second kappa shape index (κ2) is 5.49. The first kappa shape index (κ1) is 14.3. The van der Waals surface area contributed by atoms with Gasteiger partial charge in [0.1, 0.15) is 0 Å². The highest BCUT2D eigenvalue weighted by Crippen LogP contribution is 2.31. The molecule has 4 heteroatoms. The molecule has 0 amide bonds. The summed E-state index contributed by atoms with van der Waals surface area (Å²) < 4.78 is 10.5. The SMILES string of the molecule is COc1ccc(-c2cc(C(C)(C)C)ccn2)c(OC)n1. The van der Waals surface area contributed by atoms with Crippen molar-refractivity contribution >= 4 is 0 Å². The lowest BCUT2D eigenvalue weighted by Crippen LogP contribution is -2.11. The topological polar surface area (TPSA) is 44.2 Å². The highest BCUT2D eigenvalue weighted by molar-refractivity contribution is 5.66. The smallest absolute Gasteiger partial charge is 0.225 e. The molecule has 0 aliphatic carbocycles. The number of hydrogen-bond acceptors (Lipinski definition) is 4. The van der Waals surface area contributed by atoms with Crippen LogP contribution in [0, 0.1) is 0 Å². The summed E-state index contributed by atoms with van der Waals surface area (Å²) in [6.07, 6.45) is 1.82. The van der Waals surface area contributed by atoms with E-state index in [2.05, 4.69) is 36.8 Å². The van der Waals surface area contributed by atoms with Crippen molar-refractivity contribution in [3.63, 3.8) is 0 Å². The van der Waals surface area contributed by atoms with Gasteiger partial charge in [-0.2, -0.15) is 4.98 Å². The molecule has 2 aromatic rings. The summed E-state index contributed by atoms with van der Waals surface area (Å²) in [4.78, 5) is 8.72. The molecular weight excluding hydrogens is 252 g/mol. The third-order valence-electron chi connectivity index (χ3n) is 3.14. The van der Waals surface area contributed by atoms with Crippen molar-refractivity contribution < 1.29 is 9.47 Å². The van der Waals surface area contributed by atoms with Crippen molar-refractivity contribution in [3.8, 4) is 23.0 Å². The molecular formula is C16H20N2O2. The van der Waals surface area contributed by atoms with E-state index < -0.39 is 0 Å². The zero-order valence-electron chi connectivity index (χ0n) is 12.6. The number of rotatable bonds is 3. The highest BCUT2D eigenvalue weighted by atomic mass is 16.5. The van der Waals surface area contributed by atoms with Crippen molar-refractivity contribution in [1.82, 2.24) is 9.97 Å². The van der Waals surface area contributed by atoms with Crippen LogP contribution in [0.15, 0.2) is 30.5 Å². The van der Waals surface area contributed by atoms with E-state index in [0.29, 0.717) is 11.8 Å². The van der Waals surface area contributed by atoms with Crippen LogP contribution in [0.3, 0.4) is 0 Å². The van der Waals surface area contributed by atoms with Crippen LogP contribution < -0.4 is 9.47 Å². The van der Waals surface area contributed by atoms with Gasteiger partial charge in [0, 0.05) is 12.3 Å². The Morgan fingerprint density at radius 3 is 2.35 bits per heavy atom. The molecule has 0 N–H and O–H groups in total. The van der Waals surface area contributed by atoms with E-state index in [1.54, 1.807) is 14.2 Å². The van der Waals surface area contributed by atoms with E-state index in [1.165, 1.54) is 5.56 Å². The Morgan fingerprint density at radius 2 is 1.75 bits per heavy atom. The first-order valence-corrected chi connectivity index (χ1v) is 6.51. The molecule has 0 bridgehead atoms. The second-order valence-electron chi connectivity index (χ2n) is 5.59. The van der Waals surface area contributed by atoms with E-state index in [0.717, 1.165) is 11.3 Å². The van der Waals surface area contributed by atoms with Crippen molar-refractivity contribution in [2.75, 3.05) is 14.2 Å². The van der Waals surface area contributed by atoms with Crippen LogP contribution in [0.2, 0.25) is 0 Å². The number of nitrogens with zero attached hydrogens (tertiary/aromatic N) is 2. The summed E-state index contributed by atoms with van der Waals surface area (Å²) in [6, 6.07) is 7.83. The van der Waals surface area contributed by atoms with E-state index in [-0.39, 0.29) is 5.41 Å². The van der Waals surface area contributed by atoms with Gasteiger partial charge in [-0.1, -0.05) is 20.8 Å². The van der Waals surface area contributed by atoms with Crippen molar-refractivity contribution in [2.24, 2.45) is 0 Å². The molecule has 106 valence electrons. The van der Waals surface area contributed by atoms with Gasteiger partial charge < -0.3 is 9.47 Å². The average Bonchev–Trinajstić information content (AvgIpc) is 2.45. The van der Waals surface area contributed by atoms with Crippen molar-refractivity contribution in [2.45, 2.75) is 26.2 Å². The number of hydrogen-bond donors (Lipinski definition) is 0. The normalized spacial score (nSPS) is 11.2. The van der Waals surface area contributed by atoms with Gasteiger partial charge in [-0.05, 0) is 29.2 Å². The van der Waals surface area contributed by atoms with Gasteiger partial charge in [0.25, 0.3) is 0 Å². The summed E-state index contributed by atoms with van der Waals surface area (Å²) in [5.74, 6) is 1.04. The van der Waals surface area contributed by atoms with Gasteiger partial charge in [0.15, 0.2) is 0 Å². The van der Waals surface area contributed by atoms with Crippen LogP contribution in [0.1, 0.15) is 26.3 Å². The fourth-order valence-corrected chi connectivity index (χ4v) is 1.93. The first-order chi connectivity index (χ1) is 9.45. The van der Waals surface area contributed by atoms with Gasteiger partial charge in [-0.3, -0.25) is 4.98 Å². The Balaban J connectivity index is 2.51. The molecule has 2 heterocycles. The minimum absolute atomic E-state index is 0.0742. The van der Waals surface area contributed by atoms with Crippen LogP contribution in [0.5, 0.6) is 11.8 Å². The standard InChI is InChI=1S/C16H20N2O2/c1-16(2,3)11-8-9-17-13(10-11)12-6-7-14(19-4)18-15(12)20-5/h6-10H,1-5H3. The van der Waals surface area contributed by atoms with Crippen LogP contribution >= 0.6 is 0 Å². The third-order valence-corrected chi connectivity index (χ3v) is 3.14. The summed E-state index contributed by atoms with van der Waals surface area (Å²) in [7, 11) is 3.18. The Kier molecular flexibility index (Phi) is 3.93. The number of ether oxygens (including phenoxy) is 2. The zero-order valence-corrected chi connectivity index (χ0v) is 12.6. The average molecular weight is 272 g/mol. The summed E-state index contributed by atoms with van der Waals surface area (Å²) >= 11 is 0. The van der Waals surface area contributed by atoms with E-state index in [4.69, 9.17) is 9.47 Å². The van der Waals surface area contributed by atoms with Gasteiger partial charge in [-0.15, -0.1) is 0 Å². The summed E-state index contributed by atoms with van der Waals surface area (Å²) in [5.41, 5.74) is 3.01. The van der Waals surface area contributed by atoms with E-state index in [1.807, 2.05) is 24.4 Å². The number of pyridine rings is 2. The highest BCUT2D eigenvalue weighted by Gasteiger charge is 2.16. The van der Waals surface area contributed by atoms with Crippen LogP contribution in [0.25, 0.3) is 11.3 Å². The number of methoxy groups -OCH3 is 2. The minimum Gasteiger partial charge on any atom is -0.481 e. The molecule has 0 unspecified atom stereocenters. The lowest BCUT2D eigenvalue weighted by atomic mass is 9.87. The molecule has 2 aromatic heterocycles. The Hall–Kier alpha value is -2.10. The third kappa shape index (κ3) is 2.90. The molecule has 2 rings (SSSR count). The molecule has 0 aromatic carbocycles. The molecule has 0 saturated carbocycles. The Morgan fingerprint density at radius 1 is 1.00 bits per heavy atom. The maximum atomic E-state index is 5.34. The predicted octanol–water partition coefficient (Wildman–Crippen LogP) is 3.46. The maximum Gasteiger partial charge on any atom is 0.225 e. The van der Waals surface area contributed by atoms with Gasteiger partial charge >= 0.3 is 0 Å². The van der Waals surface area contributed by atoms with E-state index in [9.17, 15) is 0 Å². The molecule has 0 radical (unpaired) electrons. The maximum absolute atomic E-state index is 5.34. The Labute approximate surface area is 119 Å². The molecule has 0 spiro atoms. The van der Waals surface area contributed by atoms with Gasteiger partial charge in [0.2, 0.25) is 11.8 Å². The largest absolute Gasteiger partial charge is 0.481 e. The summed E-state index contributed by atoms with van der Waals surface area (Å²) in [5, 5.41) is 0. The van der Waals surface area contributed by atoms with E-state index >= 15 is 0 Å². The Bertz CT molecular complexity index is 604. The lowest BCUT2D eigenvalue weighted by molar-refractivity contribution is 0.366. The minimum atomic E-state index is 0.0742. The van der Waals surface area contributed by atoms with Crippen LogP contribution in [-0.4, -0.2) is 24.2 Å². The lowest BCUT2D eigenvalue weighted by Gasteiger charge is -2.19. The second-order valence-corrected chi connectivity index (χ2v) is 5.59. The van der Waals surface area contributed by atoms with Crippen LogP contribution in [0.4, 0.5) is 0 Å². The van der Waals surface area contributed by atoms with Crippen LogP contribution in [-0.2, 0) is 5.41 Å². The summed E-state index contributed by atoms with van der Waals surface area (Å²) in [6.45, 7) is 6.53. The molecule has 0 aliphatic rings. The predicted molar refractivity (Wildman–Crippen MR) is 79.3 cm³/mol. The molecule has 0 atom stereocenters. The fourth-order valence-electron chi connectivity index (χ4n) is 1.93. The molecule has 4 nitrogen and oxygen atoms in total. The molecule has 0 fully saturated rings. The molecule has 0 saturated heterocycles. The van der Waals surface area contributed by atoms with Gasteiger partial charge in [0.05, 0.1) is 25.5 Å². The van der Waals surface area contributed by atoms with Gasteiger partial charge in [-0.25, -0.2) is 0 Å². The van der Waals surface area contributed by atoms with Crippen molar-refractivity contribution in [1.29, 1.82) is 0 Å². The fraction of sp³-hybridized carbons (Fsp3) is 0.375. The number of aromatic nitrogens is 2. The molecule has 0 aliphatic heterocycles. The van der Waals surface area contributed by atoms with Crippen molar-refractivity contribution in [3.05, 3.63) is 36.0 Å². The zero-order chi connectivity index (χ0) is 14.8. The molecule has 20 heavy (non-hydrogen) atoms. The first-order valence-electron chi connectivity index (χ1n) is 6.51. The monoisotopic (exact) mass is 272 g/mol.